The lowest BCUT2D eigenvalue weighted by atomic mass is 9.99. The number of benzene rings is 1. The highest BCUT2D eigenvalue weighted by atomic mass is 16.5. The van der Waals surface area contributed by atoms with Gasteiger partial charge in [0.05, 0.1) is 31.3 Å². The number of aliphatic hydroxyl groups excluding tert-OH is 1. The Hall–Kier alpha value is -6.16. The molecule has 9 atom stereocenters. The van der Waals surface area contributed by atoms with E-state index in [4.69, 9.17) is 4.74 Å². The number of likely N-dealkylation sites (N-methyl/N-ethyl adjacent to an activating group) is 6. The number of ether oxygens (including phenoxy) is 1. The molecule has 0 spiro atoms. The maximum Gasteiger partial charge on any atom is 0.248 e. The minimum Gasteiger partial charge on any atom is -0.391 e. The summed E-state index contributed by atoms with van der Waals surface area (Å²) < 4.78 is 6.03. The van der Waals surface area contributed by atoms with E-state index in [1.807, 2.05) is 27.7 Å². The Labute approximate surface area is 456 Å². The first-order chi connectivity index (χ1) is 35.8. The molecule has 2 fully saturated rings. The van der Waals surface area contributed by atoms with Crippen molar-refractivity contribution in [2.45, 2.75) is 174 Å². The maximum atomic E-state index is 14.7. The molecule has 77 heavy (non-hydrogen) atoms. The average Bonchev–Trinajstić information content (AvgIpc) is 3.38. The second-order valence-electron chi connectivity index (χ2n) is 22.8. The van der Waals surface area contributed by atoms with Crippen LogP contribution in [-0.2, 0) is 59.1 Å². The second kappa shape index (κ2) is 29.0. The number of likely N-dealkylation sites (tertiary alicyclic amines) is 1. The van der Waals surface area contributed by atoms with Crippen molar-refractivity contribution in [3.05, 3.63) is 35.9 Å². The van der Waals surface area contributed by atoms with Crippen LogP contribution in [0.1, 0.15) is 113 Å². The van der Waals surface area contributed by atoms with Crippen molar-refractivity contribution in [2.24, 2.45) is 11.8 Å². The van der Waals surface area contributed by atoms with Gasteiger partial charge in [-0.1, -0.05) is 58.0 Å². The molecule has 22 heteroatoms. The average molecular weight is 1080 g/mol. The number of amides is 10. The molecular weight excluding hydrogens is 993 g/mol. The van der Waals surface area contributed by atoms with E-state index in [9.17, 15) is 53.1 Å². The first-order valence-electron chi connectivity index (χ1n) is 26.9. The number of rotatable bonds is 10. The smallest absolute Gasteiger partial charge is 0.248 e. The van der Waals surface area contributed by atoms with Gasteiger partial charge in [-0.3, -0.25) is 47.9 Å². The first kappa shape index (κ1) is 65.1. The highest BCUT2D eigenvalue weighted by Gasteiger charge is 2.42. The third-order valence-electron chi connectivity index (χ3n) is 14.4. The lowest BCUT2D eigenvalue weighted by Gasteiger charge is -2.38. The van der Waals surface area contributed by atoms with Crippen molar-refractivity contribution in [3.8, 4) is 0 Å². The van der Waals surface area contributed by atoms with E-state index in [1.165, 1.54) is 77.8 Å². The van der Waals surface area contributed by atoms with E-state index >= 15 is 0 Å². The topological polar surface area (TPSA) is 259 Å². The van der Waals surface area contributed by atoms with E-state index in [0.29, 0.717) is 31.5 Å². The van der Waals surface area contributed by atoms with Crippen LogP contribution in [0.15, 0.2) is 30.3 Å². The standard InChI is InChI=1S/C55H90N10O12/c1-33(2)27-41-48(70)57-40(32-77-55(8,9)10)47(69)56-39(52(74)65-25-21-18-22-26-65)30-44(67)59(11)31-45(68)62(14)43(29-38-23-19-17-20-24-38)53(75)60(12)35(5)50(72)64(16)42(28-34(3)4)49(71)58-46(37(7)66)54(76)61(13)36(6)51(73)63(41)15/h17,19-20,23-24,33-37,39-43,46,66H,18,21-22,25-32H2,1-16H3,(H,56,69)(H,57,70)(H,58,71)/t35-,36-,37+,39-,40-,41-,42-,43-,46-/m0/s1. The van der Waals surface area contributed by atoms with Crippen LogP contribution in [0.5, 0.6) is 0 Å². The lowest BCUT2D eigenvalue weighted by molar-refractivity contribution is -0.153. The molecule has 10 amide bonds. The third-order valence-corrected chi connectivity index (χ3v) is 14.4. The third kappa shape index (κ3) is 18.5. The van der Waals surface area contributed by atoms with E-state index in [0.717, 1.165) is 21.1 Å². The number of aliphatic hydroxyl groups is 1. The van der Waals surface area contributed by atoms with E-state index in [2.05, 4.69) is 16.0 Å². The fraction of sp³-hybridized carbons (Fsp3) is 0.709. The summed E-state index contributed by atoms with van der Waals surface area (Å²) in [6.45, 7) is 16.6. The van der Waals surface area contributed by atoms with Crippen LogP contribution in [0.2, 0.25) is 0 Å². The van der Waals surface area contributed by atoms with Gasteiger partial charge in [-0.05, 0) is 91.0 Å². The number of nitrogens with zero attached hydrogens (tertiary/aromatic N) is 7. The van der Waals surface area contributed by atoms with Crippen molar-refractivity contribution in [2.75, 3.05) is 68.5 Å². The normalized spacial score (nSPS) is 26.2. The number of nitrogens with one attached hydrogen (secondary N) is 3. The van der Waals surface area contributed by atoms with Gasteiger partial charge in [0.2, 0.25) is 59.1 Å². The quantitative estimate of drug-likeness (QED) is 0.256. The highest BCUT2D eigenvalue weighted by Crippen LogP contribution is 2.21. The Balaban J connectivity index is 2.25. The summed E-state index contributed by atoms with van der Waals surface area (Å²) in [5.41, 5.74) is -0.131. The molecule has 1 aromatic carbocycles. The van der Waals surface area contributed by atoms with Crippen molar-refractivity contribution < 1.29 is 57.8 Å². The molecule has 2 aliphatic rings. The zero-order valence-electron chi connectivity index (χ0n) is 48.6. The molecule has 1 aromatic rings. The Morgan fingerprint density at radius 2 is 1.12 bits per heavy atom. The Bertz CT molecular complexity index is 2230. The molecule has 0 bridgehead atoms. The molecule has 2 heterocycles. The molecule has 432 valence electrons. The number of hydrogen-bond donors (Lipinski definition) is 4. The van der Waals surface area contributed by atoms with E-state index in [1.54, 1.807) is 56.0 Å². The highest BCUT2D eigenvalue weighted by molar-refractivity contribution is 5.99. The van der Waals surface area contributed by atoms with Gasteiger partial charge in [0, 0.05) is 61.8 Å². The second-order valence-corrected chi connectivity index (χ2v) is 22.8. The van der Waals surface area contributed by atoms with Crippen LogP contribution in [0.3, 0.4) is 0 Å². The van der Waals surface area contributed by atoms with Crippen molar-refractivity contribution in [3.63, 3.8) is 0 Å². The molecule has 0 radical (unpaired) electrons. The Morgan fingerprint density at radius 3 is 1.60 bits per heavy atom. The van der Waals surface area contributed by atoms with Gasteiger partial charge in [-0.2, -0.15) is 0 Å². The number of carbonyl (C=O) groups excluding carboxylic acids is 10. The van der Waals surface area contributed by atoms with Gasteiger partial charge < -0.3 is 60.1 Å². The van der Waals surface area contributed by atoms with Gasteiger partial charge in [0.15, 0.2) is 0 Å². The number of hydrogen-bond acceptors (Lipinski definition) is 12. The van der Waals surface area contributed by atoms with Gasteiger partial charge in [0.1, 0.15) is 48.3 Å². The first-order valence-corrected chi connectivity index (χ1v) is 26.9. The van der Waals surface area contributed by atoms with Crippen molar-refractivity contribution >= 4 is 59.1 Å². The number of piperidine rings is 1. The fourth-order valence-corrected chi connectivity index (χ4v) is 9.20. The largest absolute Gasteiger partial charge is 0.391 e. The molecule has 0 aliphatic carbocycles. The Morgan fingerprint density at radius 1 is 0.623 bits per heavy atom. The van der Waals surface area contributed by atoms with Crippen molar-refractivity contribution in [1.82, 2.24) is 50.2 Å². The molecular formula is C55H90N10O12. The van der Waals surface area contributed by atoms with E-state index in [-0.39, 0.29) is 37.7 Å². The maximum absolute atomic E-state index is 14.7. The van der Waals surface area contributed by atoms with Gasteiger partial charge in [0.25, 0.3) is 0 Å². The van der Waals surface area contributed by atoms with Gasteiger partial charge >= 0.3 is 0 Å². The molecule has 4 N–H and O–H groups in total. The monoisotopic (exact) mass is 1080 g/mol. The van der Waals surface area contributed by atoms with Crippen LogP contribution in [-0.4, -0.2) is 227 Å². The zero-order valence-corrected chi connectivity index (χ0v) is 48.6. The van der Waals surface area contributed by atoms with Crippen LogP contribution < -0.4 is 16.0 Å². The molecule has 22 nitrogen and oxygen atoms in total. The summed E-state index contributed by atoms with van der Waals surface area (Å²) in [4.78, 5) is 153. The van der Waals surface area contributed by atoms with Gasteiger partial charge in [-0.15, -0.1) is 0 Å². The fourth-order valence-electron chi connectivity index (χ4n) is 9.20. The van der Waals surface area contributed by atoms with Crippen molar-refractivity contribution in [1.29, 1.82) is 0 Å². The number of carbonyl (C=O) groups is 10. The molecule has 3 rings (SSSR count). The molecule has 0 saturated carbocycles. The SMILES string of the molecule is CC(C)C[C@H]1C(=O)N[C@@H](COC(C)(C)C)C(=O)N[C@H](C(=O)N2CCCCC2)CC(=O)N(C)CC(=O)N(C)[C@@H](Cc2ccccc2)C(=O)N(C)[C@@H](C)C(=O)N(C)[C@@H](CC(C)C)C(=O)N[C@@H]([C@@H](C)O)C(=O)N(C)[C@@H](C)C(=O)N1C. The molecule has 0 unspecified atom stereocenters. The minimum absolute atomic E-state index is 0.00997. The summed E-state index contributed by atoms with van der Waals surface area (Å²) in [6.07, 6.45) is 0.411. The predicted octanol–water partition coefficient (Wildman–Crippen LogP) is 1.02. The van der Waals surface area contributed by atoms with Crippen LogP contribution in [0.25, 0.3) is 0 Å². The van der Waals surface area contributed by atoms with Crippen LogP contribution >= 0.6 is 0 Å². The van der Waals surface area contributed by atoms with E-state index < -0.39 is 132 Å². The van der Waals surface area contributed by atoms with Gasteiger partial charge in [-0.25, -0.2) is 0 Å². The van der Waals surface area contributed by atoms with Crippen LogP contribution in [0, 0.1) is 11.8 Å². The Kier molecular flexibility index (Phi) is 24.5. The summed E-state index contributed by atoms with van der Waals surface area (Å²) >= 11 is 0. The summed E-state index contributed by atoms with van der Waals surface area (Å²) in [5.74, 6) is -7.49. The molecule has 2 saturated heterocycles. The summed E-state index contributed by atoms with van der Waals surface area (Å²) in [7, 11) is 8.28. The predicted molar refractivity (Wildman–Crippen MR) is 289 cm³/mol. The summed E-state index contributed by atoms with van der Waals surface area (Å²) in [6, 6.07) is -1.75. The minimum atomic E-state index is -1.61. The van der Waals surface area contributed by atoms with Crippen LogP contribution in [0.4, 0.5) is 0 Å². The lowest BCUT2D eigenvalue weighted by Crippen LogP contribution is -2.62. The molecule has 0 aromatic heterocycles. The molecule has 2 aliphatic heterocycles. The summed E-state index contributed by atoms with van der Waals surface area (Å²) in [5, 5.41) is 19.1. The zero-order chi connectivity index (χ0) is 58.4.